The molecule has 0 spiro atoms. The highest BCUT2D eigenvalue weighted by atomic mass is 31.2. The quantitative estimate of drug-likeness (QED) is 0.480. The van der Waals surface area contributed by atoms with Gasteiger partial charge in [-0.15, -0.1) is 0 Å². The summed E-state index contributed by atoms with van der Waals surface area (Å²) in [5.41, 5.74) is 5.12. The average Bonchev–Trinajstić information content (AvgIpc) is 1.67. The molecule has 3 nitrogen and oxygen atoms in total. The maximum absolute atomic E-state index is 8.52. The molecular weight excluding hydrogens is 125 g/mol. The zero-order valence-corrected chi connectivity index (χ0v) is 5.80. The largest absolute Gasteiger partial charge is 0.350 e. The summed E-state index contributed by atoms with van der Waals surface area (Å²) in [5, 5.41) is 0. The summed E-state index contributed by atoms with van der Waals surface area (Å²) in [6.45, 7) is 2.31. The maximum Gasteiger partial charge on any atom is 0.168 e. The van der Waals surface area contributed by atoms with Crippen LogP contribution < -0.4 is 5.73 Å². The third kappa shape index (κ3) is 3.33. The monoisotopic (exact) mass is 137 g/mol. The molecule has 0 fully saturated rings. The Morgan fingerprint density at radius 3 is 2.25 bits per heavy atom. The van der Waals surface area contributed by atoms with Crippen molar-refractivity contribution in [3.8, 4) is 0 Å². The summed E-state index contributed by atoms with van der Waals surface area (Å²) in [6, 6.07) is 0. The van der Waals surface area contributed by atoms with Gasteiger partial charge in [0, 0.05) is 5.66 Å². The van der Waals surface area contributed by atoms with Crippen molar-refractivity contribution in [2.75, 3.05) is 6.54 Å². The van der Waals surface area contributed by atoms with Gasteiger partial charge >= 0.3 is 0 Å². The zero-order chi connectivity index (χ0) is 6.57. The molecule has 0 aliphatic carbocycles. The minimum atomic E-state index is -1.75. The van der Waals surface area contributed by atoms with E-state index in [0.29, 0.717) is 13.0 Å². The molecule has 0 heterocycles. The van der Waals surface area contributed by atoms with Crippen molar-refractivity contribution in [2.24, 2.45) is 5.73 Å². The van der Waals surface area contributed by atoms with Gasteiger partial charge in [-0.25, -0.2) is 0 Å². The van der Waals surface area contributed by atoms with Crippen LogP contribution in [0.3, 0.4) is 0 Å². The van der Waals surface area contributed by atoms with E-state index in [4.69, 9.17) is 15.5 Å². The zero-order valence-electron chi connectivity index (χ0n) is 4.91. The molecule has 0 aromatic rings. The standard InChI is InChI=1S/C4H12NO2P/c1-4(2-3-5)8(6)7/h4,6-7H,2-3,5H2,1H3. The van der Waals surface area contributed by atoms with Gasteiger partial charge in [-0.1, -0.05) is 6.92 Å². The van der Waals surface area contributed by atoms with Crippen LogP contribution in [0.25, 0.3) is 0 Å². The van der Waals surface area contributed by atoms with E-state index in [9.17, 15) is 0 Å². The number of hydrogen-bond donors (Lipinski definition) is 3. The topological polar surface area (TPSA) is 66.5 Å². The van der Waals surface area contributed by atoms with Gasteiger partial charge in [-0.3, -0.25) is 0 Å². The Morgan fingerprint density at radius 1 is 1.62 bits per heavy atom. The predicted molar refractivity (Wildman–Crippen MR) is 34.5 cm³/mol. The molecule has 1 unspecified atom stereocenters. The second-order valence-corrected chi connectivity index (χ2v) is 3.27. The summed E-state index contributed by atoms with van der Waals surface area (Å²) >= 11 is 0. The SMILES string of the molecule is CC(CCN)P(O)O. The van der Waals surface area contributed by atoms with Crippen molar-refractivity contribution in [3.05, 3.63) is 0 Å². The van der Waals surface area contributed by atoms with E-state index in [2.05, 4.69) is 0 Å². The molecule has 4 heteroatoms. The molecule has 0 amide bonds. The van der Waals surface area contributed by atoms with Crippen LogP contribution in [0.1, 0.15) is 13.3 Å². The molecule has 0 radical (unpaired) electrons. The molecule has 1 atom stereocenters. The van der Waals surface area contributed by atoms with E-state index in [1.54, 1.807) is 6.92 Å². The minimum Gasteiger partial charge on any atom is -0.350 e. The van der Waals surface area contributed by atoms with Gasteiger partial charge in [0.25, 0.3) is 0 Å². The number of hydrogen-bond acceptors (Lipinski definition) is 3. The van der Waals surface area contributed by atoms with E-state index in [1.165, 1.54) is 0 Å². The van der Waals surface area contributed by atoms with E-state index in [-0.39, 0.29) is 5.66 Å². The summed E-state index contributed by atoms with van der Waals surface area (Å²) in [6.07, 6.45) is 0.693. The molecule has 50 valence electrons. The molecule has 0 saturated heterocycles. The Hall–Kier alpha value is 0.310. The van der Waals surface area contributed by atoms with Crippen LogP contribution in [0.5, 0.6) is 0 Å². The average molecular weight is 137 g/mol. The Kier molecular flexibility index (Phi) is 4.38. The smallest absolute Gasteiger partial charge is 0.168 e. The van der Waals surface area contributed by atoms with Crippen molar-refractivity contribution in [2.45, 2.75) is 19.0 Å². The molecular formula is C4H12NO2P. The molecule has 0 aliphatic heterocycles. The third-order valence-electron chi connectivity index (χ3n) is 0.979. The van der Waals surface area contributed by atoms with E-state index in [0.717, 1.165) is 0 Å². The van der Waals surface area contributed by atoms with E-state index < -0.39 is 8.38 Å². The van der Waals surface area contributed by atoms with Crippen LogP contribution in [0, 0.1) is 0 Å². The fraction of sp³-hybridized carbons (Fsp3) is 1.00. The summed E-state index contributed by atoms with van der Waals surface area (Å²) in [5.74, 6) is 0. The molecule has 0 aromatic carbocycles. The minimum absolute atomic E-state index is 0.0324. The van der Waals surface area contributed by atoms with Crippen LogP contribution in [0.4, 0.5) is 0 Å². The van der Waals surface area contributed by atoms with E-state index in [1.807, 2.05) is 0 Å². The molecule has 0 bridgehead atoms. The second-order valence-electron chi connectivity index (χ2n) is 1.75. The maximum atomic E-state index is 8.52. The molecule has 0 rings (SSSR count). The van der Waals surface area contributed by atoms with Crippen molar-refractivity contribution >= 4 is 8.38 Å². The van der Waals surface area contributed by atoms with Gasteiger partial charge in [0.2, 0.25) is 0 Å². The number of rotatable bonds is 3. The Labute approximate surface area is 50.4 Å². The van der Waals surface area contributed by atoms with Gasteiger partial charge in [0.1, 0.15) is 0 Å². The summed E-state index contributed by atoms with van der Waals surface area (Å²) in [4.78, 5) is 17.0. The molecule has 0 saturated carbocycles. The lowest BCUT2D eigenvalue weighted by Gasteiger charge is -2.09. The summed E-state index contributed by atoms with van der Waals surface area (Å²) < 4.78 is 0. The first-order valence-electron chi connectivity index (χ1n) is 2.55. The molecule has 0 aromatic heterocycles. The highest BCUT2D eigenvalue weighted by molar-refractivity contribution is 7.45. The highest BCUT2D eigenvalue weighted by Crippen LogP contribution is 2.31. The second kappa shape index (κ2) is 4.21. The van der Waals surface area contributed by atoms with Crippen LogP contribution in [-0.4, -0.2) is 22.0 Å². The Morgan fingerprint density at radius 2 is 2.12 bits per heavy atom. The first kappa shape index (κ1) is 8.31. The van der Waals surface area contributed by atoms with Crippen LogP contribution in [-0.2, 0) is 0 Å². The lowest BCUT2D eigenvalue weighted by molar-refractivity contribution is 0.464. The number of nitrogens with two attached hydrogens (primary N) is 1. The van der Waals surface area contributed by atoms with Gasteiger partial charge in [0.05, 0.1) is 0 Å². The van der Waals surface area contributed by atoms with Crippen LogP contribution >= 0.6 is 8.38 Å². The molecule has 8 heavy (non-hydrogen) atoms. The van der Waals surface area contributed by atoms with Crippen LogP contribution in [0.2, 0.25) is 0 Å². The van der Waals surface area contributed by atoms with E-state index >= 15 is 0 Å². The predicted octanol–water partition coefficient (Wildman–Crippen LogP) is 0.0202. The van der Waals surface area contributed by atoms with Gasteiger partial charge in [-0.05, 0) is 13.0 Å². The Balaban J connectivity index is 3.17. The fourth-order valence-electron chi connectivity index (χ4n) is 0.357. The van der Waals surface area contributed by atoms with Crippen LogP contribution in [0.15, 0.2) is 0 Å². The third-order valence-corrected chi connectivity index (χ3v) is 2.03. The first-order valence-corrected chi connectivity index (χ1v) is 3.87. The van der Waals surface area contributed by atoms with Gasteiger partial charge < -0.3 is 15.5 Å². The van der Waals surface area contributed by atoms with Crippen molar-refractivity contribution in [3.63, 3.8) is 0 Å². The molecule has 4 N–H and O–H groups in total. The van der Waals surface area contributed by atoms with Crippen molar-refractivity contribution in [1.82, 2.24) is 0 Å². The van der Waals surface area contributed by atoms with Crippen molar-refractivity contribution < 1.29 is 9.79 Å². The van der Waals surface area contributed by atoms with Gasteiger partial charge in [-0.2, -0.15) is 0 Å². The normalized spacial score (nSPS) is 14.6. The summed E-state index contributed by atoms with van der Waals surface area (Å²) in [7, 11) is -1.75. The Bertz CT molecular complexity index is 60.0. The van der Waals surface area contributed by atoms with Crippen molar-refractivity contribution in [1.29, 1.82) is 0 Å². The fourth-order valence-corrected chi connectivity index (χ4v) is 0.737. The highest BCUT2D eigenvalue weighted by Gasteiger charge is 2.08. The molecule has 0 aliphatic rings. The lowest BCUT2D eigenvalue weighted by Crippen LogP contribution is -2.08. The lowest BCUT2D eigenvalue weighted by atomic mass is 10.3. The first-order chi connectivity index (χ1) is 3.68. The van der Waals surface area contributed by atoms with Gasteiger partial charge in [0.15, 0.2) is 8.38 Å².